The van der Waals surface area contributed by atoms with E-state index in [0.29, 0.717) is 0 Å². The van der Waals surface area contributed by atoms with Crippen LogP contribution in [-0.4, -0.2) is 41.9 Å². The first-order valence-electron chi connectivity index (χ1n) is 4.09. The van der Waals surface area contributed by atoms with Crippen LogP contribution in [0.5, 0.6) is 0 Å². The molecule has 16 heavy (non-hydrogen) atoms. The maximum absolute atomic E-state index is 11.3. The quantitative estimate of drug-likeness (QED) is 0.383. The smallest absolute Gasteiger partial charge is 0.330 e. The fourth-order valence-corrected chi connectivity index (χ4v) is 2.12. The number of carbonyl (C=O) groups excluding carboxylic acids is 1. The Morgan fingerprint density at radius 1 is 1.50 bits per heavy atom. The van der Waals surface area contributed by atoms with E-state index in [4.69, 9.17) is 9.66 Å². The van der Waals surface area contributed by atoms with Crippen molar-refractivity contribution in [2.24, 2.45) is 0 Å². The molecule has 0 amide bonds. The van der Waals surface area contributed by atoms with E-state index in [2.05, 4.69) is 11.3 Å². The SMILES string of the molecule is C=CCC(CC(=O)O)(C(=O)OC)S(=O)(=O)O. The first-order chi connectivity index (χ1) is 7.21. The monoisotopic (exact) mass is 252 g/mol. The van der Waals surface area contributed by atoms with Crippen LogP contribution in [0.3, 0.4) is 0 Å². The number of hydrogen-bond acceptors (Lipinski definition) is 5. The van der Waals surface area contributed by atoms with Crippen LogP contribution in [0.15, 0.2) is 12.7 Å². The van der Waals surface area contributed by atoms with Crippen LogP contribution in [0.2, 0.25) is 0 Å². The third kappa shape index (κ3) is 2.80. The Bertz CT molecular complexity index is 397. The second-order valence-corrected chi connectivity index (χ2v) is 4.76. The Morgan fingerprint density at radius 2 is 2.00 bits per heavy atom. The maximum Gasteiger partial charge on any atom is 0.330 e. The second-order valence-electron chi connectivity index (χ2n) is 3.02. The van der Waals surface area contributed by atoms with Gasteiger partial charge in [-0.2, -0.15) is 8.42 Å². The van der Waals surface area contributed by atoms with Gasteiger partial charge in [-0.25, -0.2) is 0 Å². The van der Waals surface area contributed by atoms with Crippen molar-refractivity contribution in [2.75, 3.05) is 7.11 Å². The van der Waals surface area contributed by atoms with Gasteiger partial charge >= 0.3 is 11.9 Å². The van der Waals surface area contributed by atoms with Crippen LogP contribution >= 0.6 is 0 Å². The molecule has 2 N–H and O–H groups in total. The topological polar surface area (TPSA) is 118 Å². The van der Waals surface area contributed by atoms with Crippen LogP contribution in [-0.2, 0) is 24.4 Å². The summed E-state index contributed by atoms with van der Waals surface area (Å²) in [4.78, 5) is 21.9. The number of rotatable bonds is 6. The Labute approximate surface area is 92.5 Å². The molecule has 0 aromatic carbocycles. The number of carboxylic acids is 1. The molecular formula is C8H12O7S. The molecule has 0 bridgehead atoms. The van der Waals surface area contributed by atoms with Crippen molar-refractivity contribution < 1.29 is 32.4 Å². The molecule has 0 saturated carbocycles. The molecule has 0 heterocycles. The lowest BCUT2D eigenvalue weighted by Gasteiger charge is -2.24. The molecule has 0 aliphatic carbocycles. The Kier molecular flexibility index (Phi) is 4.63. The Morgan fingerprint density at radius 3 is 2.25 bits per heavy atom. The average molecular weight is 252 g/mol. The van der Waals surface area contributed by atoms with Crippen LogP contribution in [0.4, 0.5) is 0 Å². The molecule has 1 unspecified atom stereocenters. The van der Waals surface area contributed by atoms with E-state index in [0.717, 1.165) is 13.2 Å². The lowest BCUT2D eigenvalue weighted by Crippen LogP contribution is -2.48. The summed E-state index contributed by atoms with van der Waals surface area (Å²) in [6.07, 6.45) is -0.622. The van der Waals surface area contributed by atoms with Crippen LogP contribution < -0.4 is 0 Å². The third-order valence-corrected chi connectivity index (χ3v) is 3.43. The standard InChI is InChI=1S/C8H12O7S/c1-3-4-8(5-6(9)10,7(11)15-2)16(12,13)14/h3H,1,4-5H2,2H3,(H,9,10)(H,12,13,14). The van der Waals surface area contributed by atoms with Gasteiger partial charge < -0.3 is 9.84 Å². The second kappa shape index (κ2) is 5.08. The van der Waals surface area contributed by atoms with Gasteiger partial charge in [0.2, 0.25) is 4.75 Å². The van der Waals surface area contributed by atoms with E-state index in [1.807, 2.05) is 0 Å². The minimum atomic E-state index is -4.92. The molecule has 0 aromatic rings. The summed E-state index contributed by atoms with van der Waals surface area (Å²) >= 11 is 0. The van der Waals surface area contributed by atoms with Crippen LogP contribution in [0, 0.1) is 0 Å². The fourth-order valence-electron chi connectivity index (χ4n) is 1.19. The van der Waals surface area contributed by atoms with E-state index in [1.54, 1.807) is 0 Å². The summed E-state index contributed by atoms with van der Waals surface area (Å²) in [6, 6.07) is 0. The van der Waals surface area contributed by atoms with Crippen molar-refractivity contribution in [2.45, 2.75) is 17.6 Å². The van der Waals surface area contributed by atoms with Gasteiger partial charge in [-0.15, -0.1) is 6.58 Å². The van der Waals surface area contributed by atoms with Gasteiger partial charge in [-0.1, -0.05) is 6.08 Å². The maximum atomic E-state index is 11.3. The van der Waals surface area contributed by atoms with Crippen molar-refractivity contribution in [3.8, 4) is 0 Å². The fraction of sp³-hybridized carbons (Fsp3) is 0.500. The minimum absolute atomic E-state index is 0.551. The van der Waals surface area contributed by atoms with E-state index in [-0.39, 0.29) is 0 Å². The molecule has 1 atom stereocenters. The van der Waals surface area contributed by atoms with Gasteiger partial charge in [0.1, 0.15) is 0 Å². The van der Waals surface area contributed by atoms with Gasteiger partial charge in [-0.3, -0.25) is 14.1 Å². The molecule has 0 fully saturated rings. The van der Waals surface area contributed by atoms with Crippen LogP contribution in [0.1, 0.15) is 12.8 Å². The van der Waals surface area contributed by atoms with Crippen molar-refractivity contribution in [3.05, 3.63) is 12.7 Å². The van der Waals surface area contributed by atoms with Crippen LogP contribution in [0.25, 0.3) is 0 Å². The summed E-state index contributed by atoms with van der Waals surface area (Å²) in [6.45, 7) is 3.21. The average Bonchev–Trinajstić information content (AvgIpc) is 2.13. The molecular weight excluding hydrogens is 240 g/mol. The normalized spacial score (nSPS) is 14.9. The number of carboxylic acid groups (broad SMARTS) is 1. The number of carbonyl (C=O) groups is 2. The number of ether oxygens (including phenoxy) is 1. The van der Waals surface area contributed by atoms with Crippen molar-refractivity contribution in [1.82, 2.24) is 0 Å². The first-order valence-corrected chi connectivity index (χ1v) is 5.53. The molecule has 7 nitrogen and oxygen atoms in total. The van der Waals surface area contributed by atoms with Crippen molar-refractivity contribution >= 4 is 22.1 Å². The molecule has 0 radical (unpaired) electrons. The van der Waals surface area contributed by atoms with Crippen molar-refractivity contribution in [1.29, 1.82) is 0 Å². The zero-order valence-corrected chi connectivity index (χ0v) is 9.36. The van der Waals surface area contributed by atoms with Gasteiger partial charge in [-0.05, 0) is 6.42 Å². The zero-order valence-electron chi connectivity index (χ0n) is 8.54. The predicted molar refractivity (Wildman–Crippen MR) is 53.4 cm³/mol. The van der Waals surface area contributed by atoms with Gasteiger partial charge in [0.05, 0.1) is 13.5 Å². The van der Waals surface area contributed by atoms with Gasteiger partial charge in [0, 0.05) is 0 Å². The zero-order chi connectivity index (χ0) is 13.0. The van der Waals surface area contributed by atoms with E-state index >= 15 is 0 Å². The van der Waals surface area contributed by atoms with E-state index in [9.17, 15) is 18.0 Å². The highest BCUT2D eigenvalue weighted by Gasteiger charge is 2.52. The molecule has 0 spiro atoms. The molecule has 0 aliphatic rings. The summed E-state index contributed by atoms with van der Waals surface area (Å²) in [5.74, 6) is -2.89. The molecule has 92 valence electrons. The number of esters is 1. The summed E-state index contributed by atoms with van der Waals surface area (Å²) in [5, 5.41) is 8.57. The highest BCUT2D eigenvalue weighted by molar-refractivity contribution is 7.88. The molecule has 8 heteroatoms. The van der Waals surface area contributed by atoms with Crippen molar-refractivity contribution in [3.63, 3.8) is 0 Å². The highest BCUT2D eigenvalue weighted by atomic mass is 32.2. The van der Waals surface area contributed by atoms with E-state index < -0.39 is 39.6 Å². The predicted octanol–water partition coefficient (Wildman–Crippen LogP) is -0.163. The molecule has 0 aromatic heterocycles. The molecule has 0 saturated heterocycles. The molecule has 0 aliphatic heterocycles. The van der Waals surface area contributed by atoms with Gasteiger partial charge in [0.25, 0.3) is 10.1 Å². The van der Waals surface area contributed by atoms with E-state index in [1.165, 1.54) is 0 Å². The summed E-state index contributed by atoms with van der Waals surface area (Å²) in [5.41, 5.74) is 0. The third-order valence-electron chi connectivity index (χ3n) is 1.96. The van der Waals surface area contributed by atoms with Gasteiger partial charge in [0.15, 0.2) is 0 Å². The number of allylic oxidation sites excluding steroid dienone is 1. The first kappa shape index (κ1) is 14.6. The Balaban J connectivity index is 5.67. The minimum Gasteiger partial charge on any atom is -0.481 e. The number of aliphatic carboxylic acids is 1. The lowest BCUT2D eigenvalue weighted by molar-refractivity contribution is -0.149. The summed E-state index contributed by atoms with van der Waals surface area (Å²) < 4.78 is 32.9. The largest absolute Gasteiger partial charge is 0.481 e. The number of methoxy groups -OCH3 is 1. The highest BCUT2D eigenvalue weighted by Crippen LogP contribution is 2.27. The number of hydrogen-bond donors (Lipinski definition) is 2. The summed E-state index contributed by atoms with van der Waals surface area (Å²) in [7, 11) is -4.03. The molecule has 0 rings (SSSR count). The Hall–Kier alpha value is -1.41. The lowest BCUT2D eigenvalue weighted by atomic mass is 10.0.